The van der Waals surface area contributed by atoms with Crippen molar-refractivity contribution >= 4 is 15.9 Å². The highest BCUT2D eigenvalue weighted by atomic mass is 79.9. The normalized spacial score (nSPS) is 14.5. The van der Waals surface area contributed by atoms with Gasteiger partial charge >= 0.3 is 0 Å². The zero-order valence-corrected chi connectivity index (χ0v) is 13.7. The lowest BCUT2D eigenvalue weighted by molar-refractivity contribution is 0.267. The van der Waals surface area contributed by atoms with Gasteiger partial charge < -0.3 is 0 Å². The number of rotatable bonds is 2. The van der Waals surface area contributed by atoms with Crippen molar-refractivity contribution in [2.24, 2.45) is 0 Å². The first kappa shape index (κ1) is 14.3. The molecule has 1 heterocycles. The van der Waals surface area contributed by atoms with Crippen molar-refractivity contribution in [1.29, 1.82) is 5.26 Å². The van der Waals surface area contributed by atoms with E-state index in [1.165, 1.54) is 22.3 Å². The molecule has 0 saturated heterocycles. The summed E-state index contributed by atoms with van der Waals surface area (Å²) in [6, 6.07) is 14.7. The molecule has 0 radical (unpaired) electrons. The lowest BCUT2D eigenvalue weighted by Crippen LogP contribution is -2.31. The number of hydrogen-bond donors (Lipinski definition) is 0. The van der Waals surface area contributed by atoms with E-state index in [1.54, 1.807) is 0 Å². The van der Waals surface area contributed by atoms with E-state index >= 15 is 0 Å². The van der Waals surface area contributed by atoms with Crippen LogP contribution in [0, 0.1) is 11.3 Å². The zero-order chi connectivity index (χ0) is 14.8. The molecule has 0 saturated carbocycles. The predicted octanol–water partition coefficient (Wildman–Crippen LogP) is 4.37. The maximum Gasteiger partial charge on any atom is 0.100 e. The molecular formula is C18H17BrN2. The lowest BCUT2D eigenvalue weighted by Gasteiger charge is -2.30. The molecule has 0 atom stereocenters. The van der Waals surface area contributed by atoms with Crippen LogP contribution in [0.1, 0.15) is 23.6 Å². The summed E-state index contributed by atoms with van der Waals surface area (Å²) in [4.78, 5) is 2.42. The van der Waals surface area contributed by atoms with Gasteiger partial charge in [0.25, 0.3) is 0 Å². The summed E-state index contributed by atoms with van der Waals surface area (Å²) in [5.41, 5.74) is 5.80. The average Bonchev–Trinajstić information content (AvgIpc) is 2.56. The quantitative estimate of drug-likeness (QED) is 0.811. The third-order valence-corrected chi connectivity index (χ3v) is 5.10. The number of nitriles is 1. The molecule has 0 spiro atoms. The first-order valence-electron chi connectivity index (χ1n) is 7.26. The van der Waals surface area contributed by atoms with E-state index in [0.29, 0.717) is 0 Å². The van der Waals surface area contributed by atoms with Crippen LogP contribution < -0.4 is 0 Å². The Morgan fingerprint density at radius 2 is 2.00 bits per heavy atom. The Kier molecular flexibility index (Phi) is 4.10. The highest BCUT2D eigenvalue weighted by molar-refractivity contribution is 9.10. The van der Waals surface area contributed by atoms with E-state index in [2.05, 4.69) is 58.1 Å². The molecule has 0 amide bonds. The van der Waals surface area contributed by atoms with E-state index in [1.807, 2.05) is 12.1 Å². The fourth-order valence-electron chi connectivity index (χ4n) is 3.00. The van der Waals surface area contributed by atoms with Gasteiger partial charge in [-0.3, -0.25) is 4.90 Å². The van der Waals surface area contributed by atoms with Crippen molar-refractivity contribution < 1.29 is 0 Å². The van der Waals surface area contributed by atoms with Crippen molar-refractivity contribution in [2.75, 3.05) is 13.1 Å². The van der Waals surface area contributed by atoms with Gasteiger partial charge in [-0.1, -0.05) is 37.3 Å². The van der Waals surface area contributed by atoms with Gasteiger partial charge in [0.15, 0.2) is 0 Å². The molecular weight excluding hydrogens is 324 g/mol. The van der Waals surface area contributed by atoms with Gasteiger partial charge in [-0.2, -0.15) is 5.26 Å². The van der Waals surface area contributed by atoms with Crippen LogP contribution in [0.4, 0.5) is 0 Å². The minimum absolute atomic E-state index is 0.727. The number of hydrogen-bond acceptors (Lipinski definition) is 2. The molecule has 0 unspecified atom stereocenters. The molecule has 1 aliphatic rings. The van der Waals surface area contributed by atoms with Crippen LogP contribution in [0.3, 0.4) is 0 Å². The predicted molar refractivity (Wildman–Crippen MR) is 88.9 cm³/mol. The van der Waals surface area contributed by atoms with Crippen molar-refractivity contribution in [3.63, 3.8) is 0 Å². The Balaban J connectivity index is 2.21. The van der Waals surface area contributed by atoms with E-state index in [0.717, 1.165) is 36.1 Å². The van der Waals surface area contributed by atoms with Crippen LogP contribution in [-0.2, 0) is 13.0 Å². The van der Waals surface area contributed by atoms with Gasteiger partial charge in [-0.25, -0.2) is 0 Å². The highest BCUT2D eigenvalue weighted by Gasteiger charge is 2.23. The van der Waals surface area contributed by atoms with Crippen LogP contribution in [0.25, 0.3) is 11.1 Å². The largest absolute Gasteiger partial charge is 0.299 e. The van der Waals surface area contributed by atoms with Crippen molar-refractivity contribution in [1.82, 2.24) is 4.90 Å². The average molecular weight is 341 g/mol. The van der Waals surface area contributed by atoms with Gasteiger partial charge in [-0.15, -0.1) is 0 Å². The monoisotopic (exact) mass is 340 g/mol. The third kappa shape index (κ3) is 2.62. The third-order valence-electron chi connectivity index (χ3n) is 4.19. The second-order valence-electron chi connectivity index (χ2n) is 5.34. The standard InChI is InChI=1S/C18H17BrN2/c1-2-21-9-8-15-16(13-6-4-3-5-7-13)10-14(11-20)18(19)17(15)12-21/h3-7,10H,2,8-9,12H2,1H3. The molecule has 1 aliphatic heterocycles. The molecule has 3 heteroatoms. The number of halogens is 1. The van der Waals surface area contributed by atoms with Gasteiger partial charge in [0.2, 0.25) is 0 Å². The molecule has 21 heavy (non-hydrogen) atoms. The molecule has 0 fully saturated rings. The molecule has 0 aromatic heterocycles. The second-order valence-corrected chi connectivity index (χ2v) is 6.13. The first-order valence-corrected chi connectivity index (χ1v) is 8.06. The highest BCUT2D eigenvalue weighted by Crippen LogP contribution is 2.37. The summed E-state index contributed by atoms with van der Waals surface area (Å²) >= 11 is 3.64. The van der Waals surface area contributed by atoms with Crippen molar-refractivity contribution in [3.05, 3.63) is 57.6 Å². The molecule has 0 aliphatic carbocycles. The SMILES string of the molecule is CCN1CCc2c(-c3ccccc3)cc(C#N)c(Br)c2C1. The molecule has 3 rings (SSSR count). The Labute approximate surface area is 134 Å². The molecule has 2 nitrogen and oxygen atoms in total. The smallest absolute Gasteiger partial charge is 0.100 e. The Morgan fingerprint density at radius 1 is 1.24 bits per heavy atom. The van der Waals surface area contributed by atoms with Gasteiger partial charge in [0, 0.05) is 17.6 Å². The minimum Gasteiger partial charge on any atom is -0.299 e. The van der Waals surface area contributed by atoms with Crippen LogP contribution in [0.5, 0.6) is 0 Å². The van der Waals surface area contributed by atoms with Crippen LogP contribution >= 0.6 is 15.9 Å². The summed E-state index contributed by atoms with van der Waals surface area (Å²) < 4.78 is 0.970. The summed E-state index contributed by atoms with van der Waals surface area (Å²) in [5, 5.41) is 9.42. The Morgan fingerprint density at radius 3 is 2.67 bits per heavy atom. The van der Waals surface area contributed by atoms with E-state index in [4.69, 9.17) is 0 Å². The minimum atomic E-state index is 0.727. The fourth-order valence-corrected chi connectivity index (χ4v) is 3.57. The van der Waals surface area contributed by atoms with E-state index in [-0.39, 0.29) is 0 Å². The topological polar surface area (TPSA) is 27.0 Å². The van der Waals surface area contributed by atoms with Crippen LogP contribution in [0.15, 0.2) is 40.9 Å². The van der Waals surface area contributed by atoms with Gasteiger partial charge in [0.1, 0.15) is 6.07 Å². The van der Waals surface area contributed by atoms with Crippen molar-refractivity contribution in [2.45, 2.75) is 19.9 Å². The summed E-state index contributed by atoms with van der Waals surface area (Å²) in [6.45, 7) is 5.23. The zero-order valence-electron chi connectivity index (χ0n) is 12.1. The van der Waals surface area contributed by atoms with E-state index in [9.17, 15) is 5.26 Å². The number of fused-ring (bicyclic) bond motifs is 1. The summed E-state index contributed by atoms with van der Waals surface area (Å²) in [5.74, 6) is 0. The summed E-state index contributed by atoms with van der Waals surface area (Å²) in [6.07, 6.45) is 1.04. The number of likely N-dealkylation sites (N-methyl/N-ethyl adjacent to an activating group) is 1. The van der Waals surface area contributed by atoms with Crippen LogP contribution in [-0.4, -0.2) is 18.0 Å². The van der Waals surface area contributed by atoms with E-state index < -0.39 is 0 Å². The molecule has 2 aromatic rings. The first-order chi connectivity index (χ1) is 10.2. The maximum absolute atomic E-state index is 9.42. The second kappa shape index (κ2) is 6.01. The van der Waals surface area contributed by atoms with Crippen molar-refractivity contribution in [3.8, 4) is 17.2 Å². The maximum atomic E-state index is 9.42. The van der Waals surface area contributed by atoms with Gasteiger partial charge in [0.05, 0.1) is 5.56 Å². The number of nitrogens with zero attached hydrogens (tertiary/aromatic N) is 2. The fraction of sp³-hybridized carbons (Fsp3) is 0.278. The van der Waals surface area contributed by atoms with Gasteiger partial charge in [-0.05, 0) is 57.2 Å². The molecule has 0 bridgehead atoms. The Bertz CT molecular complexity index is 701. The summed E-state index contributed by atoms with van der Waals surface area (Å²) in [7, 11) is 0. The lowest BCUT2D eigenvalue weighted by atomic mass is 9.89. The molecule has 2 aromatic carbocycles. The molecule has 0 N–H and O–H groups in total. The van der Waals surface area contributed by atoms with Crippen LogP contribution in [0.2, 0.25) is 0 Å². The number of benzene rings is 2. The molecule has 106 valence electrons. The Hall–Kier alpha value is -1.63.